The maximum atomic E-state index is 13.3. The molecule has 4 rings (SSSR count). The zero-order chi connectivity index (χ0) is 24.9. The highest BCUT2D eigenvalue weighted by Gasteiger charge is 2.36. The second kappa shape index (κ2) is 10.8. The average molecular weight is 559 g/mol. The number of anilines is 1. The van der Waals surface area contributed by atoms with Crippen molar-refractivity contribution in [3.05, 3.63) is 98.9 Å². The van der Waals surface area contributed by atoms with E-state index in [1.165, 1.54) is 36.4 Å². The molecule has 1 fully saturated rings. The van der Waals surface area contributed by atoms with Gasteiger partial charge >= 0.3 is 0 Å². The van der Waals surface area contributed by atoms with Crippen LogP contribution in [0.15, 0.2) is 76.1 Å². The average Bonchev–Trinajstić information content (AvgIpc) is 3.07. The summed E-state index contributed by atoms with van der Waals surface area (Å²) in [5.74, 6) is -1.43. The lowest BCUT2D eigenvalue weighted by molar-refractivity contribution is -0.127. The smallest absolute Gasteiger partial charge is 0.294 e. The highest BCUT2D eigenvalue weighted by Crippen LogP contribution is 2.34. The summed E-state index contributed by atoms with van der Waals surface area (Å²) in [6, 6.07) is 16.4. The molecule has 35 heavy (non-hydrogen) atoms. The van der Waals surface area contributed by atoms with Crippen LogP contribution in [0.2, 0.25) is 0 Å². The Morgan fingerprint density at radius 3 is 2.51 bits per heavy atom. The second-order valence-corrected chi connectivity index (χ2v) is 9.28. The Morgan fingerprint density at radius 1 is 1.03 bits per heavy atom. The van der Waals surface area contributed by atoms with Crippen LogP contribution in [0.1, 0.15) is 11.1 Å². The van der Waals surface area contributed by atoms with Gasteiger partial charge in [-0.25, -0.2) is 8.78 Å². The molecule has 3 aromatic carbocycles. The predicted octanol–water partition coefficient (Wildman–Crippen LogP) is 5.98. The van der Waals surface area contributed by atoms with Crippen molar-refractivity contribution in [1.82, 2.24) is 4.90 Å². The first-order valence-electron chi connectivity index (χ1n) is 10.3. The monoisotopic (exact) mass is 558 g/mol. The van der Waals surface area contributed by atoms with Crippen LogP contribution in [0, 0.1) is 11.6 Å². The highest BCUT2D eigenvalue weighted by molar-refractivity contribution is 9.10. The number of hydrogen-bond donors (Lipinski definition) is 1. The number of benzene rings is 3. The van der Waals surface area contributed by atoms with Crippen LogP contribution >= 0.6 is 27.7 Å². The number of nitrogens with one attached hydrogen (secondary N) is 1. The lowest BCUT2D eigenvalue weighted by Crippen LogP contribution is -2.36. The van der Waals surface area contributed by atoms with Gasteiger partial charge in [-0.05, 0) is 93.4 Å². The van der Waals surface area contributed by atoms with Crippen LogP contribution in [-0.2, 0) is 16.2 Å². The molecule has 1 aliphatic heterocycles. The van der Waals surface area contributed by atoms with Gasteiger partial charge in [-0.15, -0.1) is 0 Å². The summed E-state index contributed by atoms with van der Waals surface area (Å²) >= 11 is 4.15. The van der Waals surface area contributed by atoms with Gasteiger partial charge in [-0.1, -0.05) is 18.2 Å². The minimum absolute atomic E-state index is 0.171. The number of ether oxygens (including phenoxy) is 1. The van der Waals surface area contributed by atoms with E-state index in [0.29, 0.717) is 27.0 Å². The summed E-state index contributed by atoms with van der Waals surface area (Å²) in [5, 5.41) is 1.96. The number of nitrogens with zero attached hydrogens (tertiary/aromatic N) is 1. The van der Waals surface area contributed by atoms with E-state index in [0.717, 1.165) is 16.7 Å². The van der Waals surface area contributed by atoms with E-state index < -0.39 is 29.4 Å². The number of carbonyl (C=O) groups is 3. The summed E-state index contributed by atoms with van der Waals surface area (Å²) in [4.78, 5) is 38.3. The fraction of sp³-hybridized carbons (Fsp3) is 0.0800. The van der Waals surface area contributed by atoms with Gasteiger partial charge in [0.15, 0.2) is 0 Å². The van der Waals surface area contributed by atoms with E-state index in [1.807, 2.05) is 0 Å². The molecule has 10 heteroatoms. The van der Waals surface area contributed by atoms with Gasteiger partial charge in [0, 0.05) is 5.69 Å². The molecule has 0 aromatic heterocycles. The second-order valence-electron chi connectivity index (χ2n) is 7.43. The summed E-state index contributed by atoms with van der Waals surface area (Å²) in [6.45, 7) is -0.287. The van der Waals surface area contributed by atoms with E-state index >= 15 is 0 Å². The Hall–Kier alpha value is -3.50. The van der Waals surface area contributed by atoms with E-state index in [1.54, 1.807) is 36.4 Å². The SMILES string of the molecule is O=C(CN1C(=O)S/C(=C\c2ccc(OCc3cccc(F)c3)c(Br)c2)C1=O)Nc1ccc(F)cc1. The maximum Gasteiger partial charge on any atom is 0.294 e. The summed E-state index contributed by atoms with van der Waals surface area (Å²) < 4.78 is 32.7. The van der Waals surface area contributed by atoms with Crippen LogP contribution in [0.3, 0.4) is 0 Å². The summed E-state index contributed by atoms with van der Waals surface area (Å²) in [7, 11) is 0. The number of thioether (sulfide) groups is 1. The molecule has 1 N–H and O–H groups in total. The van der Waals surface area contributed by atoms with Crippen molar-refractivity contribution in [2.75, 3.05) is 11.9 Å². The third kappa shape index (κ3) is 6.34. The number of carbonyl (C=O) groups excluding carboxylic acids is 3. The van der Waals surface area contributed by atoms with Gasteiger partial charge in [0.2, 0.25) is 5.91 Å². The Bertz CT molecular complexity index is 1330. The van der Waals surface area contributed by atoms with Crippen LogP contribution < -0.4 is 10.1 Å². The van der Waals surface area contributed by atoms with E-state index in [9.17, 15) is 23.2 Å². The number of halogens is 3. The predicted molar refractivity (Wildman–Crippen MR) is 133 cm³/mol. The van der Waals surface area contributed by atoms with Crippen molar-refractivity contribution in [3.8, 4) is 5.75 Å². The number of amides is 3. The molecule has 0 aliphatic carbocycles. The molecule has 0 unspecified atom stereocenters. The van der Waals surface area contributed by atoms with Gasteiger partial charge in [0.05, 0.1) is 9.38 Å². The fourth-order valence-electron chi connectivity index (χ4n) is 3.18. The van der Waals surface area contributed by atoms with Crippen LogP contribution in [0.4, 0.5) is 19.3 Å². The topological polar surface area (TPSA) is 75.7 Å². The van der Waals surface area contributed by atoms with Crippen molar-refractivity contribution >= 4 is 56.5 Å². The number of rotatable bonds is 7. The molecule has 0 spiro atoms. The Morgan fingerprint density at radius 2 is 1.80 bits per heavy atom. The molecular weight excluding hydrogens is 542 g/mol. The van der Waals surface area contributed by atoms with Gasteiger partial charge in [-0.3, -0.25) is 19.3 Å². The first kappa shape index (κ1) is 24.6. The summed E-state index contributed by atoms with van der Waals surface area (Å²) in [6.07, 6.45) is 1.55. The first-order chi connectivity index (χ1) is 16.8. The molecule has 1 aliphatic rings. The van der Waals surface area contributed by atoms with Gasteiger partial charge in [0.25, 0.3) is 11.1 Å². The van der Waals surface area contributed by atoms with Crippen molar-refractivity contribution in [3.63, 3.8) is 0 Å². The third-order valence-corrected chi connectivity index (χ3v) is 6.37. The molecule has 0 atom stereocenters. The zero-order valence-corrected chi connectivity index (χ0v) is 20.4. The number of imide groups is 1. The number of hydrogen-bond acceptors (Lipinski definition) is 5. The Labute approximate surface area is 212 Å². The van der Waals surface area contributed by atoms with Crippen molar-refractivity contribution in [2.24, 2.45) is 0 Å². The van der Waals surface area contributed by atoms with Crippen LogP contribution in [0.25, 0.3) is 6.08 Å². The lowest BCUT2D eigenvalue weighted by Gasteiger charge is -2.12. The van der Waals surface area contributed by atoms with Crippen molar-refractivity contribution < 1.29 is 27.9 Å². The lowest BCUT2D eigenvalue weighted by atomic mass is 10.2. The van der Waals surface area contributed by atoms with Gasteiger partial charge < -0.3 is 10.1 Å². The van der Waals surface area contributed by atoms with E-state index in [-0.39, 0.29) is 17.3 Å². The summed E-state index contributed by atoms with van der Waals surface area (Å²) in [5.41, 5.74) is 1.66. The Kier molecular flexibility index (Phi) is 7.62. The fourth-order valence-corrected chi connectivity index (χ4v) is 4.53. The molecule has 0 radical (unpaired) electrons. The van der Waals surface area contributed by atoms with Gasteiger partial charge in [-0.2, -0.15) is 0 Å². The van der Waals surface area contributed by atoms with Crippen molar-refractivity contribution in [1.29, 1.82) is 0 Å². The van der Waals surface area contributed by atoms with E-state index in [2.05, 4.69) is 21.2 Å². The maximum absolute atomic E-state index is 13.3. The molecular formula is C25H17BrF2N2O4S. The molecule has 0 saturated carbocycles. The van der Waals surface area contributed by atoms with Gasteiger partial charge in [0.1, 0.15) is 30.5 Å². The minimum Gasteiger partial charge on any atom is -0.488 e. The first-order valence-corrected chi connectivity index (χ1v) is 11.9. The van der Waals surface area contributed by atoms with Crippen LogP contribution in [0.5, 0.6) is 5.75 Å². The molecule has 6 nitrogen and oxygen atoms in total. The third-order valence-electron chi connectivity index (χ3n) is 4.84. The molecule has 1 heterocycles. The largest absolute Gasteiger partial charge is 0.488 e. The molecule has 178 valence electrons. The molecule has 0 bridgehead atoms. The zero-order valence-electron chi connectivity index (χ0n) is 18.0. The van der Waals surface area contributed by atoms with Crippen molar-refractivity contribution in [2.45, 2.75) is 6.61 Å². The standard InChI is InChI=1S/C25H17BrF2N2O4S/c26-20-11-15(4-9-21(20)34-14-16-2-1-3-18(28)10-16)12-22-24(32)30(25(33)35-22)13-23(31)29-19-7-5-17(27)6-8-19/h1-12H,13-14H2,(H,29,31)/b22-12-. The molecule has 3 amide bonds. The highest BCUT2D eigenvalue weighted by atomic mass is 79.9. The minimum atomic E-state index is -0.586. The normalized spacial score (nSPS) is 14.5. The van der Waals surface area contributed by atoms with Crippen LogP contribution in [-0.4, -0.2) is 28.5 Å². The Balaban J connectivity index is 1.39. The molecule has 1 saturated heterocycles. The molecule has 3 aromatic rings. The quantitative estimate of drug-likeness (QED) is 0.361. The van der Waals surface area contributed by atoms with E-state index in [4.69, 9.17) is 4.74 Å².